The quantitative estimate of drug-likeness (QED) is 0.225. The Bertz CT molecular complexity index is 1690. The van der Waals surface area contributed by atoms with Gasteiger partial charge in [-0.25, -0.2) is 0 Å². The van der Waals surface area contributed by atoms with E-state index in [4.69, 9.17) is 0 Å². The topological polar surface area (TPSA) is 17.1 Å². The van der Waals surface area contributed by atoms with Gasteiger partial charge in [0.25, 0.3) is 0 Å². The minimum Gasteiger partial charge on any atom is -0.313 e. The summed E-state index contributed by atoms with van der Waals surface area (Å²) in [6.07, 6.45) is 0.462. The van der Waals surface area contributed by atoms with Crippen molar-refractivity contribution >= 4 is 39.3 Å². The highest BCUT2D eigenvalue weighted by Gasteiger charge is 2.29. The van der Waals surface area contributed by atoms with Gasteiger partial charge in [-0.2, -0.15) is 0 Å². The predicted octanol–water partition coefficient (Wildman–Crippen LogP) is 8.48. The van der Waals surface area contributed by atoms with Crippen LogP contribution in [0.2, 0.25) is 0 Å². The van der Waals surface area contributed by atoms with Crippen molar-refractivity contribution in [2.75, 3.05) is 0 Å². The largest absolute Gasteiger partial charge is 0.313 e. The van der Waals surface area contributed by atoms with Crippen molar-refractivity contribution in [3.05, 3.63) is 145 Å². The average Bonchev–Trinajstić information content (AvgIpc) is 2.94. The molecule has 0 radical (unpaired) electrons. The third-order valence-corrected chi connectivity index (χ3v) is 10.2. The molecule has 0 atom stereocenters. The molecular weight excluding hydrogens is 455 g/mol. The molecule has 0 fully saturated rings. The molecule has 0 amide bonds. The van der Waals surface area contributed by atoms with Gasteiger partial charge in [-0.05, 0) is 50.7 Å². The zero-order valence-corrected chi connectivity index (χ0v) is 21.2. The Morgan fingerprint density at radius 1 is 0.500 bits per heavy atom. The Balaban J connectivity index is 1.66. The van der Waals surface area contributed by atoms with Crippen molar-refractivity contribution in [1.29, 1.82) is 0 Å². The summed E-state index contributed by atoms with van der Waals surface area (Å²) in [6, 6.07) is 45.8. The molecule has 6 rings (SSSR count). The summed E-state index contributed by atoms with van der Waals surface area (Å²) in [7, 11) is -2.95. The molecule has 0 aliphatic rings. The molecular formula is C34H27OP. The van der Waals surface area contributed by atoms with Crippen molar-refractivity contribution in [2.45, 2.75) is 13.1 Å². The van der Waals surface area contributed by atoms with Crippen molar-refractivity contribution in [3.63, 3.8) is 0 Å². The van der Waals surface area contributed by atoms with Crippen molar-refractivity contribution < 1.29 is 4.57 Å². The maximum absolute atomic E-state index is 15.1. The summed E-state index contributed by atoms with van der Waals surface area (Å²) >= 11 is 0. The zero-order chi connectivity index (χ0) is 24.5. The second-order valence-electron chi connectivity index (χ2n) is 9.37. The van der Waals surface area contributed by atoms with Crippen molar-refractivity contribution in [2.24, 2.45) is 0 Å². The van der Waals surface area contributed by atoms with E-state index in [0.717, 1.165) is 16.2 Å². The van der Waals surface area contributed by atoms with E-state index in [0.29, 0.717) is 6.16 Å². The normalized spacial score (nSPS) is 11.7. The van der Waals surface area contributed by atoms with Crippen LogP contribution in [0.5, 0.6) is 0 Å². The van der Waals surface area contributed by atoms with Crippen molar-refractivity contribution in [1.82, 2.24) is 0 Å². The van der Waals surface area contributed by atoms with Gasteiger partial charge in [0.2, 0.25) is 0 Å². The molecule has 0 N–H and O–H groups in total. The number of benzene rings is 6. The molecule has 0 spiro atoms. The lowest BCUT2D eigenvalue weighted by atomic mass is 9.88. The first-order chi connectivity index (χ1) is 17.6. The molecule has 0 saturated carbocycles. The third-order valence-electron chi connectivity index (χ3n) is 7.14. The van der Waals surface area contributed by atoms with E-state index in [1.165, 1.54) is 38.2 Å². The molecule has 6 aromatic rings. The molecule has 0 saturated heterocycles. The summed E-state index contributed by atoms with van der Waals surface area (Å²) in [5, 5.41) is 6.62. The first kappa shape index (κ1) is 22.5. The summed E-state index contributed by atoms with van der Waals surface area (Å²) in [4.78, 5) is 0. The second kappa shape index (κ2) is 9.26. The second-order valence-corrected chi connectivity index (χ2v) is 12.2. The van der Waals surface area contributed by atoms with Gasteiger partial charge in [0.1, 0.15) is 7.14 Å². The van der Waals surface area contributed by atoms with E-state index in [1.807, 2.05) is 60.7 Å². The first-order valence-corrected chi connectivity index (χ1v) is 14.2. The summed E-state index contributed by atoms with van der Waals surface area (Å²) < 4.78 is 15.1. The smallest absolute Gasteiger partial charge is 0.147 e. The summed E-state index contributed by atoms with van der Waals surface area (Å²) in [5.74, 6) is 0. The molecule has 0 bridgehead atoms. The van der Waals surface area contributed by atoms with E-state index >= 15 is 4.57 Å². The molecule has 0 aromatic heterocycles. The monoisotopic (exact) mass is 482 g/mol. The highest BCUT2D eigenvalue weighted by atomic mass is 31.2. The molecule has 1 nitrogen and oxygen atoms in total. The fraction of sp³-hybridized carbons (Fsp3) is 0.0588. The lowest BCUT2D eigenvalue weighted by molar-refractivity contribution is 0.586. The summed E-state index contributed by atoms with van der Waals surface area (Å²) in [5.41, 5.74) is 4.76. The SMILES string of the molecule is Cc1ccc2ccccc2c1-c1c(CP(=O)(c2ccccc2)c2ccccc2)ccc2ccccc12. The standard InChI is InChI=1S/C34H27OP/c1-25-20-21-26-12-8-10-18-31(26)33(25)34-28(23-22-27-13-9-11-19-32(27)34)24-36(35,29-14-4-2-5-15-29)30-16-6-3-7-17-30/h2-23H,24H2,1H3. The van der Waals surface area contributed by atoms with Crippen LogP contribution in [0, 0.1) is 6.92 Å². The molecule has 0 unspecified atom stereocenters. The van der Waals surface area contributed by atoms with Crippen LogP contribution < -0.4 is 10.6 Å². The molecule has 6 aromatic carbocycles. The third kappa shape index (κ3) is 3.87. The highest BCUT2D eigenvalue weighted by molar-refractivity contribution is 7.78. The summed E-state index contributed by atoms with van der Waals surface area (Å²) in [6.45, 7) is 2.18. The molecule has 0 heterocycles. The van der Waals surface area contributed by atoms with Gasteiger partial charge in [-0.15, -0.1) is 0 Å². The molecule has 0 aliphatic carbocycles. The van der Waals surface area contributed by atoms with Gasteiger partial charge in [0.15, 0.2) is 0 Å². The van der Waals surface area contributed by atoms with Crippen LogP contribution in [-0.2, 0) is 10.7 Å². The van der Waals surface area contributed by atoms with Crippen molar-refractivity contribution in [3.8, 4) is 11.1 Å². The van der Waals surface area contributed by atoms with E-state index < -0.39 is 7.14 Å². The molecule has 174 valence electrons. The number of hydrogen-bond donors (Lipinski definition) is 0. The fourth-order valence-electron chi connectivity index (χ4n) is 5.37. The Morgan fingerprint density at radius 3 is 1.56 bits per heavy atom. The van der Waals surface area contributed by atoms with Crippen LogP contribution in [0.25, 0.3) is 32.7 Å². The lowest BCUT2D eigenvalue weighted by Crippen LogP contribution is -2.17. The van der Waals surface area contributed by atoms with Crippen LogP contribution in [-0.4, -0.2) is 0 Å². The minimum absolute atomic E-state index is 0.462. The van der Waals surface area contributed by atoms with E-state index in [1.54, 1.807) is 0 Å². The maximum Gasteiger partial charge on any atom is 0.147 e. The van der Waals surface area contributed by atoms with Crippen LogP contribution in [0.3, 0.4) is 0 Å². The Labute approximate surface area is 212 Å². The van der Waals surface area contributed by atoms with Crippen LogP contribution >= 0.6 is 7.14 Å². The predicted molar refractivity (Wildman–Crippen MR) is 155 cm³/mol. The van der Waals surface area contributed by atoms with Gasteiger partial charge in [0, 0.05) is 16.8 Å². The number of hydrogen-bond acceptors (Lipinski definition) is 1. The van der Waals surface area contributed by atoms with Crippen LogP contribution in [0.1, 0.15) is 11.1 Å². The maximum atomic E-state index is 15.1. The highest BCUT2D eigenvalue weighted by Crippen LogP contribution is 2.50. The van der Waals surface area contributed by atoms with Crippen LogP contribution in [0.15, 0.2) is 133 Å². The van der Waals surface area contributed by atoms with Gasteiger partial charge in [-0.3, -0.25) is 0 Å². The Morgan fingerprint density at radius 2 is 0.972 bits per heavy atom. The molecule has 2 heteroatoms. The number of rotatable bonds is 5. The molecule has 36 heavy (non-hydrogen) atoms. The lowest BCUT2D eigenvalue weighted by Gasteiger charge is -2.23. The number of aryl methyl sites for hydroxylation is 1. The first-order valence-electron chi connectivity index (χ1n) is 12.3. The van der Waals surface area contributed by atoms with E-state index in [2.05, 4.69) is 79.7 Å². The van der Waals surface area contributed by atoms with E-state index in [-0.39, 0.29) is 0 Å². The Hall–Kier alpha value is -3.93. The van der Waals surface area contributed by atoms with Gasteiger partial charge < -0.3 is 4.57 Å². The fourth-order valence-corrected chi connectivity index (χ4v) is 8.08. The van der Waals surface area contributed by atoms with Gasteiger partial charge >= 0.3 is 0 Å². The Kier molecular flexibility index (Phi) is 5.80. The number of fused-ring (bicyclic) bond motifs is 2. The zero-order valence-electron chi connectivity index (χ0n) is 20.3. The van der Waals surface area contributed by atoms with Crippen LogP contribution in [0.4, 0.5) is 0 Å². The van der Waals surface area contributed by atoms with E-state index in [9.17, 15) is 0 Å². The molecule has 0 aliphatic heterocycles. The minimum atomic E-state index is -2.95. The average molecular weight is 483 g/mol. The van der Waals surface area contributed by atoms with Gasteiger partial charge in [0.05, 0.1) is 0 Å². The van der Waals surface area contributed by atoms with Gasteiger partial charge in [-0.1, -0.05) is 133 Å².